The summed E-state index contributed by atoms with van der Waals surface area (Å²) in [5.74, 6) is 0.661. The number of pyridine rings is 1. The van der Waals surface area contributed by atoms with Crippen LogP contribution >= 0.6 is 0 Å². The van der Waals surface area contributed by atoms with Gasteiger partial charge in [0.2, 0.25) is 0 Å². The van der Waals surface area contributed by atoms with Crippen molar-refractivity contribution in [1.29, 1.82) is 0 Å². The molecule has 0 amide bonds. The van der Waals surface area contributed by atoms with Crippen LogP contribution in [-0.2, 0) is 4.74 Å². The Hall–Kier alpha value is -2.51. The topological polar surface area (TPSA) is 88.7 Å². The first-order valence-corrected chi connectivity index (χ1v) is 7.83. The van der Waals surface area contributed by atoms with Gasteiger partial charge in [-0.25, -0.2) is 4.98 Å². The van der Waals surface area contributed by atoms with Crippen molar-refractivity contribution < 1.29 is 14.8 Å². The van der Waals surface area contributed by atoms with Crippen LogP contribution in [-0.4, -0.2) is 40.8 Å². The van der Waals surface area contributed by atoms with Crippen molar-refractivity contribution in [3.63, 3.8) is 0 Å². The zero-order valence-electron chi connectivity index (χ0n) is 13.1. The highest BCUT2D eigenvalue weighted by atomic mass is 16.6. The molecule has 7 nitrogen and oxygen atoms in total. The van der Waals surface area contributed by atoms with Gasteiger partial charge in [-0.15, -0.1) is 0 Å². The van der Waals surface area contributed by atoms with E-state index in [0.29, 0.717) is 32.0 Å². The molecule has 1 fully saturated rings. The van der Waals surface area contributed by atoms with Crippen molar-refractivity contribution in [2.75, 3.05) is 24.7 Å². The molecule has 0 saturated carbocycles. The summed E-state index contributed by atoms with van der Waals surface area (Å²) in [7, 11) is 0. The van der Waals surface area contributed by atoms with Gasteiger partial charge in [0.1, 0.15) is 12.0 Å². The van der Waals surface area contributed by atoms with Crippen LogP contribution in [0, 0.1) is 10.1 Å². The largest absolute Gasteiger partial charge is 0.388 e. The number of ether oxygens (including phenoxy) is 1. The SMILES string of the molecule is O=[N+]([O-])c1ccc(N2CCOCC2CC(O)c2ccccc2)nc1. The highest BCUT2D eigenvalue weighted by Gasteiger charge is 2.27. The molecule has 0 radical (unpaired) electrons. The second-order valence-electron chi connectivity index (χ2n) is 5.72. The van der Waals surface area contributed by atoms with Crippen molar-refractivity contribution in [2.24, 2.45) is 0 Å². The van der Waals surface area contributed by atoms with E-state index in [1.54, 1.807) is 6.07 Å². The predicted octanol–water partition coefficient (Wildman–Crippen LogP) is 2.32. The highest BCUT2D eigenvalue weighted by molar-refractivity contribution is 5.44. The fourth-order valence-electron chi connectivity index (χ4n) is 2.88. The molecule has 1 aliphatic rings. The lowest BCUT2D eigenvalue weighted by Gasteiger charge is -2.37. The molecule has 126 valence electrons. The summed E-state index contributed by atoms with van der Waals surface area (Å²) in [6, 6.07) is 12.5. The summed E-state index contributed by atoms with van der Waals surface area (Å²) in [6.45, 7) is 1.69. The van der Waals surface area contributed by atoms with Crippen LogP contribution in [0.4, 0.5) is 11.5 Å². The van der Waals surface area contributed by atoms with Gasteiger partial charge in [-0.05, 0) is 11.6 Å². The molecule has 1 aromatic carbocycles. The molecule has 2 atom stereocenters. The molecule has 1 saturated heterocycles. The lowest BCUT2D eigenvalue weighted by molar-refractivity contribution is -0.385. The van der Waals surface area contributed by atoms with E-state index in [-0.39, 0.29) is 11.7 Å². The number of nitro groups is 1. The quantitative estimate of drug-likeness (QED) is 0.669. The first kappa shape index (κ1) is 16.4. The van der Waals surface area contributed by atoms with Crippen LogP contribution in [0.5, 0.6) is 0 Å². The van der Waals surface area contributed by atoms with E-state index in [1.807, 2.05) is 35.2 Å². The summed E-state index contributed by atoms with van der Waals surface area (Å²) in [6.07, 6.45) is 1.16. The molecule has 1 aromatic heterocycles. The number of hydrogen-bond donors (Lipinski definition) is 1. The second kappa shape index (κ2) is 7.37. The van der Waals surface area contributed by atoms with Crippen LogP contribution in [0.2, 0.25) is 0 Å². The Morgan fingerprint density at radius 1 is 1.33 bits per heavy atom. The van der Waals surface area contributed by atoms with Crippen LogP contribution in [0.3, 0.4) is 0 Å². The average Bonchev–Trinajstić information content (AvgIpc) is 2.63. The molecule has 7 heteroatoms. The number of anilines is 1. The average molecular weight is 329 g/mol. The number of aromatic nitrogens is 1. The summed E-state index contributed by atoms with van der Waals surface area (Å²) in [4.78, 5) is 16.5. The van der Waals surface area contributed by atoms with Crippen molar-refractivity contribution in [3.05, 3.63) is 64.3 Å². The number of aliphatic hydroxyl groups is 1. The minimum Gasteiger partial charge on any atom is -0.388 e. The molecule has 2 heterocycles. The highest BCUT2D eigenvalue weighted by Crippen LogP contribution is 2.26. The fraction of sp³-hybridized carbons (Fsp3) is 0.353. The van der Waals surface area contributed by atoms with Crippen LogP contribution in [0.15, 0.2) is 48.7 Å². The first-order valence-electron chi connectivity index (χ1n) is 7.83. The maximum atomic E-state index is 10.8. The number of rotatable bonds is 5. The summed E-state index contributed by atoms with van der Waals surface area (Å²) in [5.41, 5.74) is 0.826. The maximum absolute atomic E-state index is 10.8. The molecule has 1 N–H and O–H groups in total. The third-order valence-corrected chi connectivity index (χ3v) is 4.14. The lowest BCUT2D eigenvalue weighted by atomic mass is 10.0. The molecule has 2 unspecified atom stereocenters. The molecule has 0 spiro atoms. The number of morpholine rings is 1. The van der Waals surface area contributed by atoms with E-state index >= 15 is 0 Å². The Morgan fingerprint density at radius 2 is 2.12 bits per heavy atom. The van der Waals surface area contributed by atoms with Gasteiger partial charge in [0.05, 0.1) is 30.3 Å². The third kappa shape index (κ3) is 3.69. The monoisotopic (exact) mass is 329 g/mol. The Balaban J connectivity index is 1.74. The zero-order chi connectivity index (χ0) is 16.9. The molecule has 0 bridgehead atoms. The Labute approximate surface area is 139 Å². The van der Waals surface area contributed by atoms with Gasteiger partial charge in [0.25, 0.3) is 5.69 Å². The third-order valence-electron chi connectivity index (χ3n) is 4.14. The summed E-state index contributed by atoms with van der Waals surface area (Å²) in [5, 5.41) is 21.2. The van der Waals surface area contributed by atoms with Crippen molar-refractivity contribution >= 4 is 11.5 Å². The van der Waals surface area contributed by atoms with E-state index in [4.69, 9.17) is 4.74 Å². The minimum atomic E-state index is -0.599. The van der Waals surface area contributed by atoms with E-state index in [1.165, 1.54) is 12.3 Å². The second-order valence-corrected chi connectivity index (χ2v) is 5.72. The molecule has 3 rings (SSSR count). The van der Waals surface area contributed by atoms with Gasteiger partial charge in [0.15, 0.2) is 0 Å². The first-order chi connectivity index (χ1) is 11.6. The normalized spacial score (nSPS) is 19.0. The van der Waals surface area contributed by atoms with E-state index in [0.717, 1.165) is 5.56 Å². The predicted molar refractivity (Wildman–Crippen MR) is 88.9 cm³/mol. The van der Waals surface area contributed by atoms with E-state index < -0.39 is 11.0 Å². The van der Waals surface area contributed by atoms with Gasteiger partial charge < -0.3 is 14.7 Å². The van der Waals surface area contributed by atoms with Crippen LogP contribution < -0.4 is 4.90 Å². The molecule has 24 heavy (non-hydrogen) atoms. The standard InChI is InChI=1S/C17H19N3O4/c21-16(13-4-2-1-3-5-13)10-15-12-24-9-8-19(15)17-7-6-14(11-18-17)20(22)23/h1-7,11,15-16,21H,8-10,12H2. The van der Waals surface area contributed by atoms with E-state index in [9.17, 15) is 15.2 Å². The van der Waals surface area contributed by atoms with Crippen molar-refractivity contribution in [3.8, 4) is 0 Å². The van der Waals surface area contributed by atoms with Gasteiger partial charge in [-0.3, -0.25) is 10.1 Å². The smallest absolute Gasteiger partial charge is 0.287 e. The van der Waals surface area contributed by atoms with Gasteiger partial charge in [0, 0.05) is 19.0 Å². The molecular formula is C17H19N3O4. The maximum Gasteiger partial charge on any atom is 0.287 e. The van der Waals surface area contributed by atoms with Gasteiger partial charge in [-0.2, -0.15) is 0 Å². The van der Waals surface area contributed by atoms with Crippen LogP contribution in [0.1, 0.15) is 18.1 Å². The van der Waals surface area contributed by atoms with Crippen LogP contribution in [0.25, 0.3) is 0 Å². The van der Waals surface area contributed by atoms with Crippen molar-refractivity contribution in [1.82, 2.24) is 4.98 Å². The summed E-state index contributed by atoms with van der Waals surface area (Å²) >= 11 is 0. The number of hydrogen-bond acceptors (Lipinski definition) is 6. The molecule has 0 aliphatic carbocycles. The fourth-order valence-corrected chi connectivity index (χ4v) is 2.88. The molecule has 2 aromatic rings. The van der Waals surface area contributed by atoms with Gasteiger partial charge in [-0.1, -0.05) is 30.3 Å². The number of nitrogens with zero attached hydrogens (tertiary/aromatic N) is 3. The Bertz CT molecular complexity index is 678. The zero-order valence-corrected chi connectivity index (χ0v) is 13.1. The van der Waals surface area contributed by atoms with Gasteiger partial charge >= 0.3 is 0 Å². The number of benzene rings is 1. The summed E-state index contributed by atoms with van der Waals surface area (Å²) < 4.78 is 5.54. The lowest BCUT2D eigenvalue weighted by Crippen LogP contribution is -2.46. The molecular weight excluding hydrogens is 310 g/mol. The van der Waals surface area contributed by atoms with Crippen molar-refractivity contribution in [2.45, 2.75) is 18.6 Å². The number of aliphatic hydroxyl groups excluding tert-OH is 1. The molecule has 1 aliphatic heterocycles. The van der Waals surface area contributed by atoms with E-state index in [2.05, 4.69) is 4.98 Å². The Morgan fingerprint density at radius 3 is 2.79 bits per heavy atom. The Kier molecular flexibility index (Phi) is 5.02. The minimum absolute atomic E-state index is 0.0344.